The first kappa shape index (κ1) is 27.8. The molecule has 0 spiro atoms. The molecular weight excluding hydrogens is 517 g/mol. The molecule has 3 heterocycles. The van der Waals surface area contributed by atoms with Gasteiger partial charge in [-0.1, -0.05) is 39.3 Å². The molecule has 4 rings (SSSR count). The van der Waals surface area contributed by atoms with Crippen molar-refractivity contribution in [1.82, 2.24) is 19.7 Å². The van der Waals surface area contributed by atoms with Crippen LogP contribution in [-0.4, -0.2) is 54.8 Å². The molecule has 0 bridgehead atoms. The Morgan fingerprint density at radius 1 is 1.37 bits per heavy atom. The number of anilines is 3. The summed E-state index contributed by atoms with van der Waals surface area (Å²) in [7, 11) is 1.22. The lowest BCUT2D eigenvalue weighted by molar-refractivity contribution is 0.219. The lowest BCUT2D eigenvalue weighted by Crippen LogP contribution is -2.46. The number of fused-ring (bicyclic) bond motifs is 1. The molecule has 12 heteroatoms. The summed E-state index contributed by atoms with van der Waals surface area (Å²) in [6.45, 7) is 14.2. The number of carbonyl (C=O) groups is 1. The molecule has 1 radical (unpaired) electrons. The van der Waals surface area contributed by atoms with Gasteiger partial charge in [0.05, 0.1) is 11.3 Å². The van der Waals surface area contributed by atoms with Crippen LogP contribution in [0.5, 0.6) is 0 Å². The van der Waals surface area contributed by atoms with Crippen LogP contribution in [0.2, 0.25) is 23.2 Å². The zero-order valence-electron chi connectivity index (χ0n) is 22.8. The minimum Gasteiger partial charge on any atom is -0.416 e. The molecular formula is C26H32BClN7O2Si. The van der Waals surface area contributed by atoms with E-state index in [2.05, 4.69) is 67.2 Å². The van der Waals surface area contributed by atoms with Crippen molar-refractivity contribution >= 4 is 51.0 Å². The van der Waals surface area contributed by atoms with Gasteiger partial charge in [0.15, 0.2) is 14.1 Å². The number of rotatable bonds is 8. The van der Waals surface area contributed by atoms with Crippen LogP contribution in [0, 0.1) is 11.3 Å². The fraction of sp³-hybridized carbons (Fsp3) is 0.423. The van der Waals surface area contributed by atoms with Crippen molar-refractivity contribution in [2.24, 2.45) is 7.05 Å². The third-order valence-corrected chi connectivity index (χ3v) is 12.2. The first-order valence-corrected chi connectivity index (χ1v) is 15.6. The van der Waals surface area contributed by atoms with E-state index in [1.165, 1.54) is 7.41 Å². The van der Waals surface area contributed by atoms with Crippen molar-refractivity contribution in [1.29, 1.82) is 5.26 Å². The minimum atomic E-state index is -2.04. The summed E-state index contributed by atoms with van der Waals surface area (Å²) in [6, 6.07) is 7.96. The van der Waals surface area contributed by atoms with Crippen molar-refractivity contribution in [2.75, 3.05) is 23.3 Å². The van der Waals surface area contributed by atoms with Crippen LogP contribution < -0.4 is 10.1 Å². The minimum absolute atomic E-state index is 0.0555. The van der Waals surface area contributed by atoms with Crippen molar-refractivity contribution < 1.29 is 9.22 Å². The second-order valence-electron chi connectivity index (χ2n) is 11.4. The third kappa shape index (κ3) is 5.34. The van der Waals surface area contributed by atoms with Gasteiger partial charge in [0.1, 0.15) is 17.3 Å². The number of aromatic nitrogens is 4. The molecule has 1 aliphatic heterocycles. The topological polar surface area (TPSA) is 109 Å². The number of hydrogen-bond acceptors (Lipinski definition) is 8. The van der Waals surface area contributed by atoms with E-state index in [1.54, 1.807) is 36.3 Å². The predicted octanol–water partition coefficient (Wildman–Crippen LogP) is 5.05. The monoisotopic (exact) mass is 548 g/mol. The lowest BCUT2D eigenvalue weighted by Gasteiger charge is -2.39. The predicted molar refractivity (Wildman–Crippen MR) is 154 cm³/mol. The molecule has 9 nitrogen and oxygen atoms in total. The Kier molecular flexibility index (Phi) is 7.45. The number of benzene rings is 1. The van der Waals surface area contributed by atoms with Gasteiger partial charge in [-0.3, -0.25) is 4.68 Å². The maximum Gasteiger partial charge on any atom is 0.329 e. The summed E-state index contributed by atoms with van der Waals surface area (Å²) >= 11 is 6.24. The Morgan fingerprint density at radius 3 is 2.71 bits per heavy atom. The van der Waals surface area contributed by atoms with Gasteiger partial charge in [-0.15, -0.1) is 0 Å². The van der Waals surface area contributed by atoms with Crippen LogP contribution in [0.4, 0.5) is 17.5 Å². The maximum absolute atomic E-state index is 11.5. The molecule has 0 fully saturated rings. The number of nitriles is 1. The van der Waals surface area contributed by atoms with E-state index < -0.39 is 13.7 Å². The van der Waals surface area contributed by atoms with Crippen LogP contribution in [0.15, 0.2) is 30.6 Å². The van der Waals surface area contributed by atoms with Crippen LogP contribution in [0.3, 0.4) is 0 Å². The van der Waals surface area contributed by atoms with Gasteiger partial charge in [0.2, 0.25) is 5.95 Å². The maximum atomic E-state index is 11.5. The van der Waals surface area contributed by atoms with Crippen molar-refractivity contribution in [2.45, 2.75) is 51.2 Å². The zero-order chi connectivity index (χ0) is 27.9. The van der Waals surface area contributed by atoms with E-state index in [4.69, 9.17) is 16.0 Å². The lowest BCUT2D eigenvalue weighted by atomic mass is 9.83. The number of carbonyl (C=O) groups excluding carboxylic acids is 1. The third-order valence-electron chi connectivity index (χ3n) is 7.45. The number of hydrogen-bond donors (Lipinski definition) is 1. The highest BCUT2D eigenvalue weighted by Crippen LogP contribution is 2.46. The highest BCUT2D eigenvalue weighted by Gasteiger charge is 2.44. The molecule has 0 aliphatic carbocycles. The second kappa shape index (κ2) is 10.2. The molecule has 1 N–H and O–H groups in total. The van der Waals surface area contributed by atoms with Crippen LogP contribution in [-0.2, 0) is 21.7 Å². The van der Waals surface area contributed by atoms with Gasteiger partial charge in [-0.05, 0) is 41.9 Å². The average molecular weight is 549 g/mol. The van der Waals surface area contributed by atoms with E-state index in [0.29, 0.717) is 41.2 Å². The van der Waals surface area contributed by atoms with Crippen molar-refractivity contribution in [3.05, 3.63) is 46.7 Å². The van der Waals surface area contributed by atoms with E-state index in [-0.39, 0.29) is 5.04 Å². The molecule has 0 amide bonds. The van der Waals surface area contributed by atoms with Gasteiger partial charge in [0.25, 0.3) is 0 Å². The summed E-state index contributed by atoms with van der Waals surface area (Å²) in [4.78, 5) is 22.3. The molecule has 1 aliphatic rings. The van der Waals surface area contributed by atoms with Gasteiger partial charge < -0.3 is 19.3 Å². The fourth-order valence-corrected chi connectivity index (χ4v) is 5.63. The summed E-state index contributed by atoms with van der Waals surface area (Å²) < 4.78 is 8.25. The Balaban J connectivity index is 1.75. The van der Waals surface area contributed by atoms with Crippen LogP contribution >= 0.6 is 11.6 Å². The van der Waals surface area contributed by atoms with E-state index in [0.717, 1.165) is 23.0 Å². The molecule has 0 saturated heterocycles. The first-order valence-electron chi connectivity index (χ1n) is 12.4. The standard InChI is InChI=1S/C26H32BClN7O2Si/c1-25(2,3)38(6,7)37-15-26(4)14-35(27-16-36)22-18(12-29)10-17(11-19(22)26)21-8-9-30-24(31-21)32-23-20(28)13-34(5)33-23/h8-11,13,16H,14-15H2,1-7H3,(H,30,31,32,33). The molecule has 38 heavy (non-hydrogen) atoms. The largest absolute Gasteiger partial charge is 0.416 e. The summed E-state index contributed by atoms with van der Waals surface area (Å²) in [5, 5.41) is 18.0. The Hall–Kier alpha value is -3.20. The van der Waals surface area contributed by atoms with Crippen LogP contribution in [0.25, 0.3) is 11.3 Å². The van der Waals surface area contributed by atoms with E-state index in [9.17, 15) is 10.1 Å². The zero-order valence-corrected chi connectivity index (χ0v) is 24.6. The number of halogens is 1. The molecule has 1 atom stereocenters. The highest BCUT2D eigenvalue weighted by molar-refractivity contribution is 6.74. The summed E-state index contributed by atoms with van der Waals surface area (Å²) in [5.74, 6) is 0.787. The van der Waals surface area contributed by atoms with Crippen molar-refractivity contribution in [3.8, 4) is 17.3 Å². The van der Waals surface area contributed by atoms with Crippen LogP contribution in [0.1, 0.15) is 38.8 Å². The Labute approximate surface area is 230 Å². The summed E-state index contributed by atoms with van der Waals surface area (Å²) in [5.41, 5.74) is 3.11. The molecule has 0 saturated carbocycles. The SMILES string of the molecule is Cn1cc(Cl)c(Nc2nccc(-c3cc(C#N)c4c(c3)C(C)(CO[Si](C)(C)C(C)(C)C)CN4[B]C=O)n2)n1. The van der Waals surface area contributed by atoms with Gasteiger partial charge >= 0.3 is 7.41 Å². The first-order chi connectivity index (χ1) is 17.8. The smallest absolute Gasteiger partial charge is 0.329 e. The normalized spacial score (nSPS) is 17.2. The molecule has 2 aromatic heterocycles. The fourth-order valence-electron chi connectivity index (χ4n) is 4.29. The molecule has 1 unspecified atom stereocenters. The van der Waals surface area contributed by atoms with Gasteiger partial charge in [-0.25, -0.2) is 9.97 Å². The van der Waals surface area contributed by atoms with Gasteiger partial charge in [0, 0.05) is 49.3 Å². The highest BCUT2D eigenvalue weighted by atomic mass is 35.5. The molecule has 197 valence electrons. The van der Waals surface area contributed by atoms with Gasteiger partial charge in [-0.2, -0.15) is 10.4 Å². The average Bonchev–Trinajstić information content (AvgIpc) is 3.32. The Morgan fingerprint density at radius 2 is 2.11 bits per heavy atom. The number of aryl methyl sites for hydroxylation is 1. The Bertz CT molecular complexity index is 1420. The van der Waals surface area contributed by atoms with Crippen molar-refractivity contribution in [3.63, 3.8) is 0 Å². The molecule has 1 aromatic carbocycles. The summed E-state index contributed by atoms with van der Waals surface area (Å²) in [6.07, 6.45) is 4.08. The second-order valence-corrected chi connectivity index (χ2v) is 16.7. The van der Waals surface area contributed by atoms with E-state index >= 15 is 0 Å². The number of nitrogens with one attached hydrogen (secondary N) is 1. The quantitative estimate of drug-likeness (QED) is 0.307. The molecule has 3 aromatic rings. The number of nitrogens with zero attached hydrogens (tertiary/aromatic N) is 6. The van der Waals surface area contributed by atoms with E-state index in [1.807, 2.05) is 10.9 Å².